The minimum Gasteiger partial charge on any atom is -0.194 e. The van der Waals surface area contributed by atoms with Gasteiger partial charge in [-0.05, 0) is 13.5 Å². The predicted octanol–water partition coefficient (Wildman–Crippen LogP) is 3.27. The normalized spacial score (nSPS) is 14.2. The highest BCUT2D eigenvalue weighted by Crippen LogP contribution is 2.34. The lowest BCUT2D eigenvalue weighted by Crippen LogP contribution is -2.50. The summed E-state index contributed by atoms with van der Waals surface area (Å²) in [6.07, 6.45) is 0. The van der Waals surface area contributed by atoms with Crippen molar-refractivity contribution in [3.63, 3.8) is 0 Å². The standard InChI is InChI=1S/C8H20NPSi2/c1-11(2,3)8(10-7-9)12(4,5)6/h8,10H,1-6H3. The van der Waals surface area contributed by atoms with Gasteiger partial charge in [0.15, 0.2) is 0 Å². The minimum absolute atomic E-state index is 0.538. The molecule has 1 unspecified atom stereocenters. The van der Waals surface area contributed by atoms with E-state index in [-0.39, 0.29) is 0 Å². The van der Waals surface area contributed by atoms with E-state index < -0.39 is 16.1 Å². The van der Waals surface area contributed by atoms with E-state index in [4.69, 9.17) is 5.26 Å². The molecule has 0 aliphatic carbocycles. The number of hydrogen-bond acceptors (Lipinski definition) is 1. The van der Waals surface area contributed by atoms with Gasteiger partial charge in [-0.2, -0.15) is 5.26 Å². The van der Waals surface area contributed by atoms with Crippen molar-refractivity contribution < 1.29 is 0 Å². The number of nitriles is 1. The van der Waals surface area contributed by atoms with Crippen LogP contribution in [0.25, 0.3) is 0 Å². The Kier molecular flexibility index (Phi) is 4.16. The SMILES string of the molecule is C[Si](C)(C)C(PC#N)[Si](C)(C)C. The summed E-state index contributed by atoms with van der Waals surface area (Å²) in [4.78, 5) is 0.773. The van der Waals surface area contributed by atoms with Crippen LogP contribution in [0, 0.1) is 11.1 Å². The summed E-state index contributed by atoms with van der Waals surface area (Å²) in [5.41, 5.74) is 0. The summed E-state index contributed by atoms with van der Waals surface area (Å²) in [7, 11) is -1.65. The monoisotopic (exact) mass is 217 g/mol. The lowest BCUT2D eigenvalue weighted by molar-refractivity contribution is 1.46. The minimum atomic E-state index is -1.09. The molecule has 0 fully saturated rings. The van der Waals surface area contributed by atoms with Crippen LogP contribution in [0.4, 0.5) is 0 Å². The Labute approximate surface area is 80.4 Å². The van der Waals surface area contributed by atoms with Crippen LogP contribution < -0.4 is 0 Å². The Morgan fingerprint density at radius 3 is 1.42 bits per heavy atom. The summed E-state index contributed by atoms with van der Waals surface area (Å²) >= 11 is 0. The summed E-state index contributed by atoms with van der Waals surface area (Å²) in [6, 6.07) is 0. The third-order valence-electron chi connectivity index (χ3n) is 1.94. The van der Waals surface area contributed by atoms with Crippen molar-refractivity contribution in [1.82, 2.24) is 0 Å². The lowest BCUT2D eigenvalue weighted by Gasteiger charge is -2.36. The maximum absolute atomic E-state index is 8.77. The maximum atomic E-state index is 8.77. The fourth-order valence-corrected chi connectivity index (χ4v) is 16.2. The molecule has 0 aliphatic heterocycles. The Balaban J connectivity index is 4.59. The van der Waals surface area contributed by atoms with E-state index in [1.165, 1.54) is 0 Å². The van der Waals surface area contributed by atoms with Gasteiger partial charge in [0, 0.05) is 0 Å². The number of rotatable bonds is 3. The molecule has 0 aromatic rings. The summed E-state index contributed by atoms with van der Waals surface area (Å²) in [5.74, 6) is 2.38. The van der Waals surface area contributed by atoms with E-state index >= 15 is 0 Å². The molecule has 0 aromatic carbocycles. The second-order valence-electron chi connectivity index (χ2n) is 5.42. The molecule has 1 nitrogen and oxygen atoms in total. The molecule has 0 bridgehead atoms. The topological polar surface area (TPSA) is 23.8 Å². The summed E-state index contributed by atoms with van der Waals surface area (Å²) in [6.45, 7) is 14.3. The van der Waals surface area contributed by atoms with Gasteiger partial charge in [0.25, 0.3) is 0 Å². The van der Waals surface area contributed by atoms with Gasteiger partial charge in [-0.1, -0.05) is 39.3 Å². The first kappa shape index (κ1) is 12.4. The zero-order valence-corrected chi connectivity index (χ0v) is 12.0. The zero-order chi connectivity index (χ0) is 9.99. The number of nitrogens with zero attached hydrogens (tertiary/aromatic N) is 1. The van der Waals surface area contributed by atoms with E-state index in [1.54, 1.807) is 0 Å². The molecular weight excluding hydrogens is 197 g/mol. The van der Waals surface area contributed by atoms with Crippen LogP contribution in [0.5, 0.6) is 0 Å². The molecule has 0 heterocycles. The highest BCUT2D eigenvalue weighted by Gasteiger charge is 2.37. The maximum Gasteiger partial charge on any atom is 0.0835 e. The first-order chi connectivity index (χ1) is 5.19. The van der Waals surface area contributed by atoms with E-state index in [1.807, 2.05) is 0 Å². The van der Waals surface area contributed by atoms with Crippen molar-refractivity contribution >= 4 is 24.7 Å². The van der Waals surface area contributed by atoms with Gasteiger partial charge in [-0.3, -0.25) is 0 Å². The lowest BCUT2D eigenvalue weighted by atomic mass is 11.7. The molecule has 0 rings (SSSR count). The molecule has 0 saturated carbocycles. The molecule has 12 heavy (non-hydrogen) atoms. The van der Waals surface area contributed by atoms with Crippen LogP contribution in [0.1, 0.15) is 0 Å². The van der Waals surface area contributed by atoms with Gasteiger partial charge < -0.3 is 0 Å². The third-order valence-corrected chi connectivity index (χ3v) is 17.1. The molecule has 0 spiro atoms. The van der Waals surface area contributed by atoms with E-state index in [2.05, 4.69) is 45.1 Å². The van der Waals surface area contributed by atoms with Crippen LogP contribution in [-0.2, 0) is 0 Å². The Hall–Kier alpha value is 0.354. The zero-order valence-electron chi connectivity index (χ0n) is 9.02. The quantitative estimate of drug-likeness (QED) is 0.526. The highest BCUT2D eigenvalue weighted by atomic mass is 31.1. The number of hydrogen-bond donors (Lipinski definition) is 0. The summed E-state index contributed by atoms with van der Waals surface area (Å²) in [5, 5.41) is 8.77. The van der Waals surface area contributed by atoms with Crippen molar-refractivity contribution in [3.05, 3.63) is 0 Å². The van der Waals surface area contributed by atoms with Crippen molar-refractivity contribution in [2.24, 2.45) is 0 Å². The van der Waals surface area contributed by atoms with Crippen molar-refractivity contribution in [2.45, 2.75) is 44.2 Å². The Bertz CT molecular complexity index is 171. The molecule has 4 heteroatoms. The van der Waals surface area contributed by atoms with Crippen molar-refractivity contribution in [2.75, 3.05) is 0 Å². The van der Waals surface area contributed by atoms with Crippen molar-refractivity contribution in [1.29, 1.82) is 5.26 Å². The van der Waals surface area contributed by atoms with E-state index in [0.717, 1.165) is 4.91 Å². The van der Waals surface area contributed by atoms with E-state index in [9.17, 15) is 0 Å². The Morgan fingerprint density at radius 1 is 1.00 bits per heavy atom. The van der Waals surface area contributed by atoms with Gasteiger partial charge in [0.2, 0.25) is 0 Å². The average molecular weight is 217 g/mol. The molecule has 0 aliphatic rings. The first-order valence-corrected chi connectivity index (χ1v) is 12.6. The summed E-state index contributed by atoms with van der Waals surface area (Å²) < 4.78 is 0. The van der Waals surface area contributed by atoms with Crippen LogP contribution in [0.2, 0.25) is 39.3 Å². The first-order valence-electron chi connectivity index (χ1n) is 4.34. The molecule has 70 valence electrons. The molecular formula is C8H20NPSi2. The largest absolute Gasteiger partial charge is 0.194 e. The third kappa shape index (κ3) is 3.84. The fraction of sp³-hybridized carbons (Fsp3) is 0.875. The fourth-order valence-electron chi connectivity index (χ4n) is 1.80. The molecule has 0 amide bonds. The predicted molar refractivity (Wildman–Crippen MR) is 64.4 cm³/mol. The second-order valence-corrected chi connectivity index (χ2v) is 18.9. The highest BCUT2D eigenvalue weighted by molar-refractivity contribution is 7.53. The molecule has 0 saturated heterocycles. The molecule has 0 N–H and O–H groups in total. The van der Waals surface area contributed by atoms with Crippen LogP contribution in [0.15, 0.2) is 0 Å². The van der Waals surface area contributed by atoms with Crippen molar-refractivity contribution in [3.8, 4) is 5.81 Å². The van der Waals surface area contributed by atoms with Crippen LogP contribution in [-0.4, -0.2) is 21.1 Å². The average Bonchev–Trinajstić information content (AvgIpc) is 1.77. The molecule has 0 radical (unpaired) electrons. The van der Waals surface area contributed by atoms with Gasteiger partial charge in [0.05, 0.1) is 22.0 Å². The van der Waals surface area contributed by atoms with Crippen LogP contribution in [0.3, 0.4) is 0 Å². The van der Waals surface area contributed by atoms with E-state index in [0.29, 0.717) is 8.58 Å². The van der Waals surface area contributed by atoms with Gasteiger partial charge in [-0.15, -0.1) is 0 Å². The molecule has 0 aromatic heterocycles. The van der Waals surface area contributed by atoms with Gasteiger partial charge in [-0.25, -0.2) is 0 Å². The van der Waals surface area contributed by atoms with Gasteiger partial charge in [0.1, 0.15) is 0 Å². The van der Waals surface area contributed by atoms with Gasteiger partial charge >= 0.3 is 0 Å². The van der Waals surface area contributed by atoms with Crippen LogP contribution >= 0.6 is 8.58 Å². The smallest absolute Gasteiger partial charge is 0.0835 e. The second kappa shape index (κ2) is 4.04. The molecule has 1 atom stereocenters. The Morgan fingerprint density at radius 2 is 1.33 bits per heavy atom.